The van der Waals surface area contributed by atoms with Crippen molar-refractivity contribution in [2.75, 3.05) is 7.11 Å². The number of halogens is 1. The molecule has 152 valence electrons. The quantitative estimate of drug-likeness (QED) is 0.333. The Labute approximate surface area is 185 Å². The van der Waals surface area contributed by atoms with Gasteiger partial charge < -0.3 is 9.30 Å². The molecule has 0 radical (unpaired) electrons. The van der Waals surface area contributed by atoms with E-state index in [-0.39, 0.29) is 0 Å². The Morgan fingerprint density at radius 1 is 0.933 bits per heavy atom. The summed E-state index contributed by atoms with van der Waals surface area (Å²) in [6, 6.07) is 26.4. The first kappa shape index (κ1) is 20.5. The Kier molecular flexibility index (Phi) is 6.36. The summed E-state index contributed by atoms with van der Waals surface area (Å²) >= 11 is 7.76. The van der Waals surface area contributed by atoms with E-state index in [9.17, 15) is 0 Å². The van der Waals surface area contributed by atoms with Crippen molar-refractivity contribution in [2.24, 2.45) is 4.99 Å². The molecule has 0 N–H and O–H groups in total. The third-order valence-electron chi connectivity index (χ3n) is 4.96. The molecule has 0 fully saturated rings. The highest BCUT2D eigenvalue weighted by Crippen LogP contribution is 2.28. The second-order valence-corrected chi connectivity index (χ2v) is 8.61. The average Bonchev–Trinajstić information content (AvgIpc) is 3.09. The smallest absolute Gasteiger partial charge is 0.190 e. The molecule has 0 atom stereocenters. The van der Waals surface area contributed by atoms with E-state index in [0.717, 1.165) is 34.8 Å². The zero-order chi connectivity index (χ0) is 20.9. The number of methoxy groups -OCH3 is 1. The molecular formula is C25H23ClN2OS. The summed E-state index contributed by atoms with van der Waals surface area (Å²) in [6.45, 7) is 3.01. The predicted molar refractivity (Wildman–Crippen MR) is 126 cm³/mol. The van der Waals surface area contributed by atoms with Gasteiger partial charge in [0, 0.05) is 16.4 Å². The molecule has 3 aromatic carbocycles. The van der Waals surface area contributed by atoms with Gasteiger partial charge in [0.2, 0.25) is 0 Å². The summed E-state index contributed by atoms with van der Waals surface area (Å²) < 4.78 is 7.65. The van der Waals surface area contributed by atoms with Crippen molar-refractivity contribution in [1.29, 1.82) is 0 Å². The molecule has 4 rings (SSSR count). The van der Waals surface area contributed by atoms with Gasteiger partial charge in [-0.1, -0.05) is 41.9 Å². The lowest BCUT2D eigenvalue weighted by Crippen LogP contribution is -2.17. The Bertz CT molecular complexity index is 1180. The van der Waals surface area contributed by atoms with Crippen molar-refractivity contribution in [3.05, 3.63) is 99.1 Å². The van der Waals surface area contributed by atoms with Crippen LogP contribution in [0.25, 0.3) is 11.3 Å². The maximum atomic E-state index is 6.04. The molecule has 0 saturated heterocycles. The molecule has 30 heavy (non-hydrogen) atoms. The fourth-order valence-corrected chi connectivity index (χ4v) is 4.60. The van der Waals surface area contributed by atoms with Crippen molar-refractivity contribution in [3.8, 4) is 17.0 Å². The number of hydrogen-bond acceptors (Lipinski definition) is 3. The number of aromatic nitrogens is 1. The van der Waals surface area contributed by atoms with Gasteiger partial charge in [0.15, 0.2) is 4.80 Å². The molecule has 0 aliphatic heterocycles. The van der Waals surface area contributed by atoms with Crippen molar-refractivity contribution < 1.29 is 4.74 Å². The van der Waals surface area contributed by atoms with Crippen LogP contribution in [0.3, 0.4) is 0 Å². The normalized spacial score (nSPS) is 11.6. The van der Waals surface area contributed by atoms with Crippen molar-refractivity contribution >= 4 is 28.6 Å². The zero-order valence-corrected chi connectivity index (χ0v) is 18.6. The largest absolute Gasteiger partial charge is 0.497 e. The number of rotatable bonds is 6. The highest BCUT2D eigenvalue weighted by atomic mass is 35.5. The monoisotopic (exact) mass is 434 g/mol. The lowest BCUT2D eigenvalue weighted by molar-refractivity contribution is 0.415. The Balaban J connectivity index is 1.79. The third-order valence-corrected chi connectivity index (χ3v) is 6.21. The van der Waals surface area contributed by atoms with Gasteiger partial charge in [0.1, 0.15) is 5.75 Å². The van der Waals surface area contributed by atoms with E-state index in [1.165, 1.54) is 16.1 Å². The Hall–Kier alpha value is -2.82. The van der Waals surface area contributed by atoms with Gasteiger partial charge in [0.25, 0.3) is 0 Å². The summed E-state index contributed by atoms with van der Waals surface area (Å²) in [6.07, 6.45) is 0.938. The van der Waals surface area contributed by atoms with E-state index < -0.39 is 0 Å². The van der Waals surface area contributed by atoms with Gasteiger partial charge in [-0.15, -0.1) is 11.3 Å². The van der Waals surface area contributed by atoms with E-state index >= 15 is 0 Å². The Morgan fingerprint density at radius 3 is 2.30 bits per heavy atom. The topological polar surface area (TPSA) is 26.5 Å². The molecule has 1 aromatic heterocycles. The first-order chi connectivity index (χ1) is 14.6. The number of benzene rings is 3. The molecule has 0 bridgehead atoms. The van der Waals surface area contributed by atoms with Gasteiger partial charge in [-0.05, 0) is 73.0 Å². The molecule has 0 saturated carbocycles. The van der Waals surface area contributed by atoms with E-state index in [2.05, 4.69) is 54.0 Å². The third kappa shape index (κ3) is 4.66. The fraction of sp³-hybridized carbons (Fsp3) is 0.160. The van der Waals surface area contributed by atoms with Crippen LogP contribution >= 0.6 is 22.9 Å². The first-order valence-electron chi connectivity index (χ1n) is 9.83. The second-order valence-electron chi connectivity index (χ2n) is 6.99. The van der Waals surface area contributed by atoms with Crippen molar-refractivity contribution in [1.82, 2.24) is 4.57 Å². The van der Waals surface area contributed by atoms with Gasteiger partial charge >= 0.3 is 0 Å². The van der Waals surface area contributed by atoms with Gasteiger partial charge in [-0.25, -0.2) is 4.99 Å². The van der Waals surface area contributed by atoms with Crippen LogP contribution in [0.4, 0.5) is 5.69 Å². The maximum Gasteiger partial charge on any atom is 0.190 e. The maximum absolute atomic E-state index is 6.04. The van der Waals surface area contributed by atoms with Gasteiger partial charge in [0.05, 0.1) is 18.5 Å². The summed E-state index contributed by atoms with van der Waals surface area (Å²) in [7, 11) is 1.69. The minimum atomic E-state index is 0.715. The van der Waals surface area contributed by atoms with Crippen LogP contribution in [0.5, 0.6) is 5.75 Å². The van der Waals surface area contributed by atoms with Crippen LogP contribution in [-0.4, -0.2) is 11.7 Å². The highest BCUT2D eigenvalue weighted by Gasteiger charge is 2.13. The fourth-order valence-electron chi connectivity index (χ4n) is 3.44. The number of nitrogens with zero attached hydrogens (tertiary/aromatic N) is 2. The molecule has 0 unspecified atom stereocenters. The predicted octanol–water partition coefficient (Wildman–Crippen LogP) is 6.66. The lowest BCUT2D eigenvalue weighted by Gasteiger charge is -2.11. The summed E-state index contributed by atoms with van der Waals surface area (Å²) in [5, 5.41) is 0.715. The van der Waals surface area contributed by atoms with Crippen LogP contribution in [0.1, 0.15) is 10.4 Å². The van der Waals surface area contributed by atoms with Gasteiger partial charge in [-0.2, -0.15) is 0 Å². The van der Waals surface area contributed by atoms with Crippen LogP contribution < -0.4 is 9.54 Å². The van der Waals surface area contributed by atoms with Crippen LogP contribution in [-0.2, 0) is 13.0 Å². The van der Waals surface area contributed by atoms with E-state index in [1.807, 2.05) is 36.4 Å². The number of ether oxygens (including phenoxy) is 1. The SMILES string of the molecule is COc1ccc(-c2c(C)sc(=Nc3ccc(Cl)cc3)n2CCc2ccccc2)cc1. The molecule has 4 aromatic rings. The molecule has 0 amide bonds. The standard InChI is InChI=1S/C25H23ClN2OS/c1-18-24(20-8-14-23(29-2)15-9-20)28(17-16-19-6-4-3-5-7-19)25(30-18)27-22-12-10-21(26)11-13-22/h3-15H,16-17H2,1-2H3. The van der Waals surface area contributed by atoms with E-state index in [1.54, 1.807) is 18.4 Å². The minimum absolute atomic E-state index is 0.715. The number of thiazole rings is 1. The lowest BCUT2D eigenvalue weighted by atomic mass is 10.1. The first-order valence-corrected chi connectivity index (χ1v) is 11.0. The van der Waals surface area contributed by atoms with E-state index in [0.29, 0.717) is 5.02 Å². The summed E-state index contributed by atoms with van der Waals surface area (Å²) in [5.74, 6) is 0.855. The highest BCUT2D eigenvalue weighted by molar-refractivity contribution is 7.09. The second kappa shape index (κ2) is 9.33. The molecule has 1 heterocycles. The molecule has 5 heteroatoms. The van der Waals surface area contributed by atoms with Crippen LogP contribution in [0.2, 0.25) is 5.02 Å². The summed E-state index contributed by atoms with van der Waals surface area (Å²) in [4.78, 5) is 7.15. The molecule has 3 nitrogen and oxygen atoms in total. The molecule has 0 aliphatic rings. The Morgan fingerprint density at radius 2 is 1.63 bits per heavy atom. The number of hydrogen-bond donors (Lipinski definition) is 0. The molecular weight excluding hydrogens is 412 g/mol. The van der Waals surface area contributed by atoms with Gasteiger partial charge in [-0.3, -0.25) is 0 Å². The summed E-state index contributed by atoms with van der Waals surface area (Å²) in [5.41, 5.74) is 4.57. The zero-order valence-electron chi connectivity index (χ0n) is 17.0. The van der Waals surface area contributed by atoms with E-state index in [4.69, 9.17) is 21.3 Å². The molecule has 0 aliphatic carbocycles. The van der Waals surface area contributed by atoms with Crippen molar-refractivity contribution in [2.45, 2.75) is 19.9 Å². The average molecular weight is 435 g/mol. The number of aryl methyl sites for hydroxylation is 2. The van der Waals surface area contributed by atoms with Crippen molar-refractivity contribution in [3.63, 3.8) is 0 Å². The molecule has 0 spiro atoms. The van der Waals surface area contributed by atoms with Crippen LogP contribution in [0, 0.1) is 6.92 Å². The van der Waals surface area contributed by atoms with Crippen LogP contribution in [0.15, 0.2) is 83.9 Å². The minimum Gasteiger partial charge on any atom is -0.497 e.